The van der Waals surface area contributed by atoms with E-state index in [0.29, 0.717) is 37.3 Å². The van der Waals surface area contributed by atoms with Crippen molar-refractivity contribution in [3.8, 4) is 6.07 Å². The van der Waals surface area contributed by atoms with E-state index in [4.69, 9.17) is 5.26 Å². The summed E-state index contributed by atoms with van der Waals surface area (Å²) in [5, 5.41) is 18.7. The Morgan fingerprint density at radius 2 is 2.04 bits per heavy atom. The Kier molecular flexibility index (Phi) is 4.78. The Morgan fingerprint density at radius 1 is 1.32 bits per heavy atom. The summed E-state index contributed by atoms with van der Waals surface area (Å²) in [5.41, 5.74) is 0.921. The van der Waals surface area contributed by atoms with E-state index in [1.54, 1.807) is 31.2 Å². The Bertz CT molecular complexity index is 717. The Balaban J connectivity index is 1.70. The molecule has 132 valence electrons. The molecule has 1 atom stereocenters. The van der Waals surface area contributed by atoms with Gasteiger partial charge in [0.1, 0.15) is 0 Å². The molecule has 2 heterocycles. The van der Waals surface area contributed by atoms with Crippen LogP contribution in [-0.4, -0.2) is 59.5 Å². The number of nitrogens with zero attached hydrogens (tertiary/aromatic N) is 3. The van der Waals surface area contributed by atoms with Gasteiger partial charge in [-0.1, -0.05) is 6.07 Å². The van der Waals surface area contributed by atoms with Gasteiger partial charge in [0.15, 0.2) is 0 Å². The van der Waals surface area contributed by atoms with E-state index in [2.05, 4.69) is 6.07 Å². The lowest BCUT2D eigenvalue weighted by molar-refractivity contribution is -0.128. The predicted molar refractivity (Wildman–Crippen MR) is 91.6 cm³/mol. The van der Waals surface area contributed by atoms with Gasteiger partial charge in [0.2, 0.25) is 5.91 Å². The molecule has 0 aromatic heterocycles. The summed E-state index contributed by atoms with van der Waals surface area (Å²) in [7, 11) is 0. The van der Waals surface area contributed by atoms with Crippen LogP contribution in [0.5, 0.6) is 0 Å². The van der Waals surface area contributed by atoms with Gasteiger partial charge in [-0.15, -0.1) is 0 Å². The van der Waals surface area contributed by atoms with E-state index in [9.17, 15) is 14.7 Å². The number of hydrogen-bond acceptors (Lipinski definition) is 4. The van der Waals surface area contributed by atoms with Crippen LogP contribution in [0.2, 0.25) is 0 Å². The Labute approximate surface area is 147 Å². The predicted octanol–water partition coefficient (Wildman–Crippen LogP) is 1.25. The number of carbonyl (C=O) groups excluding carboxylic acids is 2. The molecular formula is C19H23N3O3. The lowest BCUT2D eigenvalue weighted by Gasteiger charge is -2.42. The molecule has 1 aromatic rings. The van der Waals surface area contributed by atoms with Crippen molar-refractivity contribution in [2.75, 3.05) is 32.8 Å². The molecular weight excluding hydrogens is 318 g/mol. The molecule has 2 saturated heterocycles. The highest BCUT2D eigenvalue weighted by molar-refractivity contribution is 5.94. The number of rotatable bonds is 2. The summed E-state index contributed by atoms with van der Waals surface area (Å²) in [4.78, 5) is 28.0. The fourth-order valence-corrected chi connectivity index (χ4v) is 4.15. The molecule has 1 spiro atoms. The number of likely N-dealkylation sites (tertiary alicyclic amines) is 2. The third-order valence-electron chi connectivity index (χ3n) is 5.76. The van der Waals surface area contributed by atoms with Crippen molar-refractivity contribution in [2.45, 2.75) is 19.8 Å². The lowest BCUT2D eigenvalue weighted by Crippen LogP contribution is -2.47. The summed E-state index contributed by atoms with van der Waals surface area (Å²) in [6, 6.07) is 8.82. The van der Waals surface area contributed by atoms with Crippen LogP contribution in [0.1, 0.15) is 35.7 Å². The van der Waals surface area contributed by atoms with Gasteiger partial charge in [-0.25, -0.2) is 0 Å². The SMILES string of the molecule is CC(=O)N1CC(CO)C2(CCN(C(=O)c3cccc(C#N)c3)CC2)C1. The highest BCUT2D eigenvalue weighted by Crippen LogP contribution is 2.44. The monoisotopic (exact) mass is 341 g/mol. The molecule has 0 aliphatic carbocycles. The van der Waals surface area contributed by atoms with Crippen LogP contribution in [0.3, 0.4) is 0 Å². The van der Waals surface area contributed by atoms with Crippen LogP contribution in [0.4, 0.5) is 0 Å². The van der Waals surface area contributed by atoms with Gasteiger partial charge in [0.25, 0.3) is 5.91 Å². The number of amides is 2. The zero-order chi connectivity index (χ0) is 18.0. The van der Waals surface area contributed by atoms with E-state index in [-0.39, 0.29) is 29.8 Å². The second-order valence-electron chi connectivity index (χ2n) is 7.13. The maximum Gasteiger partial charge on any atom is 0.253 e. The van der Waals surface area contributed by atoms with Gasteiger partial charge in [-0.05, 0) is 36.5 Å². The minimum absolute atomic E-state index is 0.0437. The van der Waals surface area contributed by atoms with Crippen LogP contribution >= 0.6 is 0 Å². The van der Waals surface area contributed by atoms with Gasteiger partial charge < -0.3 is 14.9 Å². The largest absolute Gasteiger partial charge is 0.396 e. The van der Waals surface area contributed by atoms with Gasteiger partial charge in [-0.2, -0.15) is 5.26 Å². The first-order chi connectivity index (χ1) is 12.0. The van der Waals surface area contributed by atoms with E-state index < -0.39 is 0 Å². The zero-order valence-electron chi connectivity index (χ0n) is 14.4. The van der Waals surface area contributed by atoms with E-state index in [1.165, 1.54) is 0 Å². The highest BCUT2D eigenvalue weighted by Gasteiger charge is 2.48. The molecule has 1 N–H and O–H groups in total. The number of nitriles is 1. The van der Waals surface area contributed by atoms with Crippen molar-refractivity contribution in [2.24, 2.45) is 11.3 Å². The molecule has 3 rings (SSSR count). The maximum atomic E-state index is 12.7. The second kappa shape index (κ2) is 6.85. The second-order valence-corrected chi connectivity index (χ2v) is 7.13. The molecule has 2 aliphatic rings. The fraction of sp³-hybridized carbons (Fsp3) is 0.526. The Hall–Kier alpha value is -2.39. The first kappa shape index (κ1) is 17.4. The number of benzene rings is 1. The molecule has 2 amide bonds. The third-order valence-corrected chi connectivity index (χ3v) is 5.76. The smallest absolute Gasteiger partial charge is 0.253 e. The molecule has 6 heteroatoms. The molecule has 25 heavy (non-hydrogen) atoms. The summed E-state index contributed by atoms with van der Waals surface area (Å²) >= 11 is 0. The molecule has 2 aliphatic heterocycles. The lowest BCUT2D eigenvalue weighted by atomic mass is 9.71. The highest BCUT2D eigenvalue weighted by atomic mass is 16.3. The van der Waals surface area contributed by atoms with Crippen LogP contribution in [0.15, 0.2) is 24.3 Å². The summed E-state index contributed by atoms with van der Waals surface area (Å²) in [5.74, 6) is 0.0617. The Morgan fingerprint density at radius 3 is 2.64 bits per heavy atom. The number of aliphatic hydroxyl groups is 1. The summed E-state index contributed by atoms with van der Waals surface area (Å²) in [6.45, 7) is 4.12. The molecule has 0 radical (unpaired) electrons. The summed E-state index contributed by atoms with van der Waals surface area (Å²) < 4.78 is 0. The minimum atomic E-state index is -0.0916. The average Bonchev–Trinajstić information content (AvgIpc) is 3.00. The molecule has 2 fully saturated rings. The van der Waals surface area contributed by atoms with E-state index in [0.717, 1.165) is 12.8 Å². The van der Waals surface area contributed by atoms with Crippen molar-refractivity contribution in [1.29, 1.82) is 5.26 Å². The fourth-order valence-electron chi connectivity index (χ4n) is 4.15. The van der Waals surface area contributed by atoms with Crippen LogP contribution in [-0.2, 0) is 4.79 Å². The van der Waals surface area contributed by atoms with Crippen molar-refractivity contribution in [3.63, 3.8) is 0 Å². The standard InChI is InChI=1S/C19H23N3O3/c1-14(24)22-11-17(12-23)19(13-22)5-7-21(8-6-19)18(25)16-4-2-3-15(9-16)10-20/h2-4,9,17,23H,5-8,11-13H2,1H3. The molecule has 6 nitrogen and oxygen atoms in total. The average molecular weight is 341 g/mol. The number of carbonyl (C=O) groups is 2. The van der Waals surface area contributed by atoms with Crippen molar-refractivity contribution >= 4 is 11.8 Å². The topological polar surface area (TPSA) is 84.6 Å². The van der Waals surface area contributed by atoms with E-state index in [1.807, 2.05) is 9.80 Å². The number of hydrogen-bond donors (Lipinski definition) is 1. The van der Waals surface area contributed by atoms with E-state index >= 15 is 0 Å². The van der Waals surface area contributed by atoms with Gasteiger partial charge in [0, 0.05) is 51.2 Å². The van der Waals surface area contributed by atoms with Crippen molar-refractivity contribution in [3.05, 3.63) is 35.4 Å². The maximum absolute atomic E-state index is 12.7. The number of piperidine rings is 1. The molecule has 0 bridgehead atoms. The van der Waals surface area contributed by atoms with Crippen LogP contribution in [0, 0.1) is 22.7 Å². The van der Waals surface area contributed by atoms with Crippen LogP contribution < -0.4 is 0 Å². The molecule has 0 saturated carbocycles. The number of aliphatic hydroxyl groups excluding tert-OH is 1. The van der Waals surface area contributed by atoms with Crippen molar-refractivity contribution in [1.82, 2.24) is 9.80 Å². The van der Waals surface area contributed by atoms with Gasteiger partial charge in [-0.3, -0.25) is 9.59 Å². The van der Waals surface area contributed by atoms with Crippen molar-refractivity contribution < 1.29 is 14.7 Å². The third kappa shape index (κ3) is 3.24. The quantitative estimate of drug-likeness (QED) is 0.877. The molecule has 1 aromatic carbocycles. The van der Waals surface area contributed by atoms with Gasteiger partial charge in [0.05, 0.1) is 11.6 Å². The normalized spacial score (nSPS) is 22.0. The van der Waals surface area contributed by atoms with Gasteiger partial charge >= 0.3 is 0 Å². The van der Waals surface area contributed by atoms with Crippen LogP contribution in [0.25, 0.3) is 0 Å². The first-order valence-electron chi connectivity index (χ1n) is 8.65. The molecule has 1 unspecified atom stereocenters. The first-order valence-corrected chi connectivity index (χ1v) is 8.65. The minimum Gasteiger partial charge on any atom is -0.396 e. The zero-order valence-corrected chi connectivity index (χ0v) is 14.4. The summed E-state index contributed by atoms with van der Waals surface area (Å²) in [6.07, 6.45) is 1.57.